The van der Waals surface area contributed by atoms with E-state index in [1.807, 2.05) is 0 Å². The Morgan fingerprint density at radius 3 is 2.80 bits per heavy atom. The number of aromatic nitrogens is 1. The van der Waals surface area contributed by atoms with Crippen LogP contribution in [0.2, 0.25) is 0 Å². The Morgan fingerprint density at radius 2 is 2.33 bits per heavy atom. The lowest BCUT2D eigenvalue weighted by molar-refractivity contribution is -0.385. The van der Waals surface area contributed by atoms with Crippen LogP contribution in [0.15, 0.2) is 18.3 Å². The fraction of sp³-hybridized carbons (Fsp3) is 0.333. The Balaban J connectivity index is 2.17. The monoisotopic (exact) mass is 207 g/mol. The highest BCUT2D eigenvalue weighted by atomic mass is 16.6. The molecular weight excluding hydrogens is 198 g/mol. The summed E-state index contributed by atoms with van der Waals surface area (Å²) in [7, 11) is 0. The molecular formula is C9H9N3O3. The number of nitrogens with one attached hydrogen (secondary N) is 1. The number of carbonyl (C=O) groups excluding carboxylic acids is 1. The number of pyridine rings is 1. The third-order valence-corrected chi connectivity index (χ3v) is 2.38. The summed E-state index contributed by atoms with van der Waals surface area (Å²) in [6, 6.07) is 3.01. The van der Waals surface area contributed by atoms with Crippen molar-refractivity contribution in [2.75, 3.05) is 6.54 Å². The minimum atomic E-state index is -0.491. The Labute approximate surface area is 85.5 Å². The fourth-order valence-electron chi connectivity index (χ4n) is 1.56. The average molecular weight is 207 g/mol. The first-order valence-corrected chi connectivity index (χ1v) is 4.54. The fourth-order valence-corrected chi connectivity index (χ4v) is 1.56. The molecule has 0 aliphatic carbocycles. The predicted octanol–water partition coefficient (Wildman–Crippen LogP) is 0.593. The van der Waals surface area contributed by atoms with Crippen LogP contribution in [0.3, 0.4) is 0 Å². The highest BCUT2D eigenvalue weighted by Gasteiger charge is 2.24. The van der Waals surface area contributed by atoms with Crippen LogP contribution in [0.1, 0.15) is 18.0 Å². The van der Waals surface area contributed by atoms with Gasteiger partial charge in [-0.3, -0.25) is 19.9 Å². The Bertz CT molecular complexity index is 402. The summed E-state index contributed by atoms with van der Waals surface area (Å²) in [5.41, 5.74) is 0.690. The van der Waals surface area contributed by atoms with E-state index in [4.69, 9.17) is 0 Å². The highest BCUT2D eigenvalue weighted by Crippen LogP contribution is 2.22. The van der Waals surface area contributed by atoms with Gasteiger partial charge in [0.1, 0.15) is 6.20 Å². The largest absolute Gasteiger partial charge is 0.355 e. The molecule has 2 heterocycles. The van der Waals surface area contributed by atoms with E-state index >= 15 is 0 Å². The van der Waals surface area contributed by atoms with Gasteiger partial charge in [0.15, 0.2) is 0 Å². The molecule has 1 amide bonds. The standard InChI is InChI=1S/C9H9N3O3/c13-9-3-6(4-11-9)8-2-1-7(5-10-8)12(14)15/h1-2,5-6H,3-4H2,(H,11,13). The number of hydrogen-bond donors (Lipinski definition) is 1. The third kappa shape index (κ3) is 1.93. The van der Waals surface area contributed by atoms with Gasteiger partial charge in [0.2, 0.25) is 5.91 Å². The van der Waals surface area contributed by atoms with E-state index in [9.17, 15) is 14.9 Å². The summed E-state index contributed by atoms with van der Waals surface area (Å²) in [5, 5.41) is 13.1. The number of nitro groups is 1. The van der Waals surface area contributed by atoms with Gasteiger partial charge >= 0.3 is 0 Å². The first kappa shape index (κ1) is 9.57. The molecule has 1 aliphatic heterocycles. The molecule has 1 aromatic rings. The topological polar surface area (TPSA) is 85.1 Å². The Hall–Kier alpha value is -1.98. The Kier molecular flexibility index (Phi) is 2.32. The van der Waals surface area contributed by atoms with Crippen molar-refractivity contribution >= 4 is 11.6 Å². The van der Waals surface area contributed by atoms with Crippen LogP contribution < -0.4 is 5.32 Å². The van der Waals surface area contributed by atoms with Crippen molar-refractivity contribution in [2.24, 2.45) is 0 Å². The highest BCUT2D eigenvalue weighted by molar-refractivity contribution is 5.79. The molecule has 1 N–H and O–H groups in total. The number of rotatable bonds is 2. The van der Waals surface area contributed by atoms with Crippen LogP contribution in [0.25, 0.3) is 0 Å². The van der Waals surface area contributed by atoms with Crippen molar-refractivity contribution in [3.05, 3.63) is 34.1 Å². The Morgan fingerprint density at radius 1 is 1.53 bits per heavy atom. The van der Waals surface area contributed by atoms with Gasteiger partial charge in [-0.25, -0.2) is 0 Å². The van der Waals surface area contributed by atoms with Crippen molar-refractivity contribution in [1.29, 1.82) is 0 Å². The van der Waals surface area contributed by atoms with Crippen molar-refractivity contribution in [3.63, 3.8) is 0 Å². The number of hydrogen-bond acceptors (Lipinski definition) is 4. The van der Waals surface area contributed by atoms with E-state index in [-0.39, 0.29) is 17.5 Å². The van der Waals surface area contributed by atoms with Gasteiger partial charge in [0.25, 0.3) is 5.69 Å². The second-order valence-corrected chi connectivity index (χ2v) is 3.40. The molecule has 0 saturated carbocycles. The maximum absolute atomic E-state index is 11.0. The first-order chi connectivity index (χ1) is 7.16. The summed E-state index contributed by atoms with van der Waals surface area (Å²) in [6.45, 7) is 0.559. The molecule has 6 nitrogen and oxygen atoms in total. The average Bonchev–Trinajstić information content (AvgIpc) is 2.65. The molecule has 0 spiro atoms. The molecule has 15 heavy (non-hydrogen) atoms. The minimum absolute atomic E-state index is 0.000141. The first-order valence-electron chi connectivity index (χ1n) is 4.54. The van der Waals surface area contributed by atoms with E-state index in [1.165, 1.54) is 12.3 Å². The van der Waals surface area contributed by atoms with Gasteiger partial charge in [-0.05, 0) is 6.07 Å². The van der Waals surface area contributed by atoms with Crippen LogP contribution in [-0.4, -0.2) is 22.4 Å². The second kappa shape index (κ2) is 3.64. The summed E-state index contributed by atoms with van der Waals surface area (Å²) in [5.74, 6) is 0.0402. The molecule has 2 rings (SSSR count). The number of amides is 1. The lowest BCUT2D eigenvalue weighted by Crippen LogP contribution is -2.13. The van der Waals surface area contributed by atoms with Crippen LogP contribution in [-0.2, 0) is 4.79 Å². The van der Waals surface area contributed by atoms with Crippen LogP contribution in [0.5, 0.6) is 0 Å². The van der Waals surface area contributed by atoms with E-state index in [0.717, 1.165) is 5.69 Å². The van der Waals surface area contributed by atoms with E-state index in [2.05, 4.69) is 10.3 Å². The lowest BCUT2D eigenvalue weighted by atomic mass is 10.0. The maximum Gasteiger partial charge on any atom is 0.287 e. The zero-order valence-corrected chi connectivity index (χ0v) is 7.84. The maximum atomic E-state index is 11.0. The summed E-state index contributed by atoms with van der Waals surface area (Å²) in [6.07, 6.45) is 1.63. The lowest BCUT2D eigenvalue weighted by Gasteiger charge is -2.04. The number of nitrogens with zero attached hydrogens (tertiary/aromatic N) is 2. The molecule has 0 bridgehead atoms. The summed E-state index contributed by atoms with van der Waals surface area (Å²) >= 11 is 0. The van der Waals surface area contributed by atoms with Crippen LogP contribution in [0.4, 0.5) is 5.69 Å². The van der Waals surface area contributed by atoms with Gasteiger partial charge in [0.05, 0.1) is 4.92 Å². The normalized spacial score (nSPS) is 20.0. The predicted molar refractivity (Wildman–Crippen MR) is 51.3 cm³/mol. The summed E-state index contributed by atoms with van der Waals surface area (Å²) in [4.78, 5) is 24.8. The van der Waals surface area contributed by atoms with Gasteiger partial charge in [0, 0.05) is 30.6 Å². The van der Waals surface area contributed by atoms with Crippen molar-refractivity contribution in [1.82, 2.24) is 10.3 Å². The SMILES string of the molecule is O=C1CC(c2ccc([N+](=O)[O-])cn2)CN1. The minimum Gasteiger partial charge on any atom is -0.355 e. The molecule has 1 unspecified atom stereocenters. The van der Waals surface area contributed by atoms with Crippen LogP contribution >= 0.6 is 0 Å². The van der Waals surface area contributed by atoms with E-state index in [1.54, 1.807) is 6.07 Å². The smallest absolute Gasteiger partial charge is 0.287 e. The summed E-state index contributed by atoms with van der Waals surface area (Å²) < 4.78 is 0. The zero-order chi connectivity index (χ0) is 10.8. The van der Waals surface area contributed by atoms with Crippen molar-refractivity contribution in [3.8, 4) is 0 Å². The molecule has 1 aromatic heterocycles. The molecule has 78 valence electrons. The van der Waals surface area contributed by atoms with Gasteiger partial charge in [-0.15, -0.1) is 0 Å². The molecule has 1 aliphatic rings. The van der Waals surface area contributed by atoms with E-state index < -0.39 is 4.92 Å². The quantitative estimate of drug-likeness (QED) is 0.568. The molecule has 1 fully saturated rings. The van der Waals surface area contributed by atoms with Crippen molar-refractivity contribution in [2.45, 2.75) is 12.3 Å². The molecule has 0 aromatic carbocycles. The van der Waals surface area contributed by atoms with Crippen molar-refractivity contribution < 1.29 is 9.72 Å². The third-order valence-electron chi connectivity index (χ3n) is 2.38. The van der Waals surface area contributed by atoms with Gasteiger partial charge in [-0.2, -0.15) is 0 Å². The molecule has 1 saturated heterocycles. The van der Waals surface area contributed by atoms with Gasteiger partial charge < -0.3 is 5.32 Å². The molecule has 1 atom stereocenters. The number of carbonyl (C=O) groups is 1. The van der Waals surface area contributed by atoms with Crippen LogP contribution in [0, 0.1) is 10.1 Å². The second-order valence-electron chi connectivity index (χ2n) is 3.40. The van der Waals surface area contributed by atoms with Gasteiger partial charge in [-0.1, -0.05) is 0 Å². The molecule has 6 heteroatoms. The zero-order valence-electron chi connectivity index (χ0n) is 7.84. The molecule has 0 radical (unpaired) electrons. The van der Waals surface area contributed by atoms with E-state index in [0.29, 0.717) is 13.0 Å².